The predicted octanol–water partition coefficient (Wildman–Crippen LogP) is 4.63. The molecular weight excluding hydrogens is 370 g/mol. The Morgan fingerprint density at radius 1 is 1.04 bits per heavy atom. The molecule has 3 aromatic rings. The lowest BCUT2D eigenvalue weighted by Gasteiger charge is -2.11. The number of hydrogen-bond acceptors (Lipinski definition) is 5. The van der Waals surface area contributed by atoms with Crippen LogP contribution in [0.25, 0.3) is 5.69 Å². The fourth-order valence-electron chi connectivity index (χ4n) is 2.36. The number of aromatic nitrogens is 3. The standard InChI is InChI=1S/C19H20ClN3O2S/c1-2-24-12-13-26-19-22-21-18(23(19)15-8-4-3-5-9-15)14-25-17-11-7-6-10-16(17)20/h3-11H,2,12-14H2,1H3. The van der Waals surface area contributed by atoms with Crippen molar-refractivity contribution in [3.63, 3.8) is 0 Å². The van der Waals surface area contributed by atoms with Crippen LogP contribution < -0.4 is 4.74 Å². The topological polar surface area (TPSA) is 49.2 Å². The lowest BCUT2D eigenvalue weighted by atomic mass is 10.3. The van der Waals surface area contributed by atoms with Crippen molar-refractivity contribution in [3.8, 4) is 11.4 Å². The second-order valence-electron chi connectivity index (χ2n) is 5.33. The predicted molar refractivity (Wildman–Crippen MR) is 104 cm³/mol. The van der Waals surface area contributed by atoms with Crippen LogP contribution in [0.3, 0.4) is 0 Å². The number of halogens is 1. The summed E-state index contributed by atoms with van der Waals surface area (Å²) in [6.45, 7) is 3.65. The van der Waals surface area contributed by atoms with Crippen molar-refractivity contribution in [2.24, 2.45) is 0 Å². The average Bonchev–Trinajstić information content (AvgIpc) is 3.08. The summed E-state index contributed by atoms with van der Waals surface area (Å²) >= 11 is 7.78. The Hall–Kier alpha value is -2.02. The lowest BCUT2D eigenvalue weighted by Crippen LogP contribution is -2.07. The van der Waals surface area contributed by atoms with Gasteiger partial charge in [0.05, 0.1) is 11.6 Å². The van der Waals surface area contributed by atoms with Crippen molar-refractivity contribution >= 4 is 23.4 Å². The average molecular weight is 390 g/mol. The van der Waals surface area contributed by atoms with Crippen molar-refractivity contribution in [2.75, 3.05) is 19.0 Å². The molecule has 0 aliphatic carbocycles. The first-order valence-corrected chi connectivity index (χ1v) is 9.73. The zero-order valence-electron chi connectivity index (χ0n) is 14.5. The molecule has 0 unspecified atom stereocenters. The van der Waals surface area contributed by atoms with Gasteiger partial charge in [-0.2, -0.15) is 0 Å². The summed E-state index contributed by atoms with van der Waals surface area (Å²) in [5.41, 5.74) is 0.995. The molecule has 0 amide bonds. The number of benzene rings is 2. The maximum Gasteiger partial charge on any atom is 0.196 e. The summed E-state index contributed by atoms with van der Waals surface area (Å²) in [5, 5.41) is 10.0. The molecule has 0 bridgehead atoms. The maximum atomic E-state index is 6.16. The van der Waals surface area contributed by atoms with Crippen LogP contribution >= 0.6 is 23.4 Å². The van der Waals surface area contributed by atoms with Gasteiger partial charge in [0.1, 0.15) is 12.4 Å². The molecule has 5 nitrogen and oxygen atoms in total. The highest BCUT2D eigenvalue weighted by Crippen LogP contribution is 2.26. The van der Waals surface area contributed by atoms with Crippen LogP contribution in [0.15, 0.2) is 59.8 Å². The molecule has 0 radical (unpaired) electrons. The molecule has 0 fully saturated rings. The van der Waals surface area contributed by atoms with Gasteiger partial charge in [0, 0.05) is 18.0 Å². The monoisotopic (exact) mass is 389 g/mol. The number of thioether (sulfide) groups is 1. The highest BCUT2D eigenvalue weighted by molar-refractivity contribution is 7.99. The van der Waals surface area contributed by atoms with Crippen LogP contribution in [0.5, 0.6) is 5.75 Å². The van der Waals surface area contributed by atoms with E-state index in [1.807, 2.05) is 60.0 Å². The second kappa shape index (κ2) is 9.62. The van der Waals surface area contributed by atoms with Crippen LogP contribution in [0.1, 0.15) is 12.7 Å². The molecule has 2 aromatic carbocycles. The number of para-hydroxylation sites is 2. The van der Waals surface area contributed by atoms with Crippen LogP contribution in [-0.4, -0.2) is 33.7 Å². The van der Waals surface area contributed by atoms with Crippen molar-refractivity contribution < 1.29 is 9.47 Å². The van der Waals surface area contributed by atoms with Gasteiger partial charge in [-0.1, -0.05) is 53.7 Å². The quantitative estimate of drug-likeness (QED) is 0.394. The Morgan fingerprint density at radius 2 is 1.81 bits per heavy atom. The third-order valence-electron chi connectivity index (χ3n) is 3.57. The fraction of sp³-hybridized carbons (Fsp3) is 0.263. The smallest absolute Gasteiger partial charge is 0.196 e. The summed E-state index contributed by atoms with van der Waals surface area (Å²) in [6.07, 6.45) is 0. The Labute approximate surface area is 162 Å². The molecule has 1 heterocycles. The van der Waals surface area contributed by atoms with Gasteiger partial charge in [0.2, 0.25) is 0 Å². The molecule has 0 saturated heterocycles. The van der Waals surface area contributed by atoms with E-state index in [4.69, 9.17) is 21.1 Å². The Kier molecular flexibility index (Phi) is 6.94. The van der Waals surface area contributed by atoms with Gasteiger partial charge in [0.15, 0.2) is 11.0 Å². The van der Waals surface area contributed by atoms with Crippen LogP contribution in [-0.2, 0) is 11.3 Å². The summed E-state index contributed by atoms with van der Waals surface area (Å²) in [7, 11) is 0. The largest absolute Gasteiger partial charge is 0.484 e. The van der Waals surface area contributed by atoms with Gasteiger partial charge in [-0.05, 0) is 31.2 Å². The van der Waals surface area contributed by atoms with E-state index in [0.29, 0.717) is 24.0 Å². The Balaban J connectivity index is 1.80. The van der Waals surface area contributed by atoms with Crippen molar-refractivity contribution in [1.82, 2.24) is 14.8 Å². The second-order valence-corrected chi connectivity index (χ2v) is 6.80. The summed E-state index contributed by atoms with van der Waals surface area (Å²) < 4.78 is 13.3. The lowest BCUT2D eigenvalue weighted by molar-refractivity contribution is 0.164. The molecule has 26 heavy (non-hydrogen) atoms. The van der Waals surface area contributed by atoms with Gasteiger partial charge in [-0.25, -0.2) is 0 Å². The number of rotatable bonds is 9. The molecule has 0 saturated carbocycles. The molecule has 0 spiro atoms. The Bertz CT molecular complexity index is 827. The van der Waals surface area contributed by atoms with Crippen molar-refractivity contribution in [2.45, 2.75) is 18.7 Å². The fourth-order valence-corrected chi connectivity index (χ4v) is 3.38. The number of ether oxygens (including phenoxy) is 2. The first-order chi connectivity index (χ1) is 12.8. The van der Waals surface area contributed by atoms with Crippen LogP contribution in [0, 0.1) is 0 Å². The van der Waals surface area contributed by atoms with E-state index < -0.39 is 0 Å². The molecule has 0 aliphatic heterocycles. The maximum absolute atomic E-state index is 6.16. The molecule has 3 rings (SSSR count). The van der Waals surface area contributed by atoms with Gasteiger partial charge >= 0.3 is 0 Å². The zero-order chi connectivity index (χ0) is 18.2. The van der Waals surface area contributed by atoms with Crippen LogP contribution in [0.4, 0.5) is 0 Å². The summed E-state index contributed by atoms with van der Waals surface area (Å²) in [6, 6.07) is 17.4. The molecule has 1 aromatic heterocycles. The zero-order valence-corrected chi connectivity index (χ0v) is 16.0. The van der Waals surface area contributed by atoms with Gasteiger partial charge in [0.25, 0.3) is 0 Å². The third kappa shape index (κ3) is 4.78. The minimum absolute atomic E-state index is 0.275. The van der Waals surface area contributed by atoms with Gasteiger partial charge < -0.3 is 9.47 Å². The first kappa shape index (κ1) is 18.8. The van der Waals surface area contributed by atoms with Crippen molar-refractivity contribution in [3.05, 3.63) is 65.4 Å². The molecule has 0 N–H and O–H groups in total. The molecule has 0 atom stereocenters. The van der Waals surface area contributed by atoms with E-state index in [1.165, 1.54) is 0 Å². The molecule has 136 valence electrons. The SMILES string of the molecule is CCOCCSc1nnc(COc2ccccc2Cl)n1-c1ccccc1. The van der Waals surface area contributed by atoms with Crippen LogP contribution in [0.2, 0.25) is 5.02 Å². The first-order valence-electron chi connectivity index (χ1n) is 8.37. The highest BCUT2D eigenvalue weighted by Gasteiger charge is 2.15. The minimum atomic E-state index is 0.275. The van der Waals surface area contributed by atoms with E-state index in [0.717, 1.165) is 22.4 Å². The molecule has 0 aliphatic rings. The highest BCUT2D eigenvalue weighted by atomic mass is 35.5. The Morgan fingerprint density at radius 3 is 2.58 bits per heavy atom. The molecule has 7 heteroatoms. The van der Waals surface area contributed by atoms with Gasteiger partial charge in [-0.15, -0.1) is 10.2 Å². The van der Waals surface area contributed by atoms with E-state index in [-0.39, 0.29) is 6.61 Å². The molecular formula is C19H20ClN3O2S. The summed E-state index contributed by atoms with van der Waals surface area (Å²) in [5.74, 6) is 2.15. The van der Waals surface area contributed by atoms with E-state index in [1.54, 1.807) is 17.8 Å². The van der Waals surface area contributed by atoms with E-state index >= 15 is 0 Å². The summed E-state index contributed by atoms with van der Waals surface area (Å²) in [4.78, 5) is 0. The number of hydrogen-bond donors (Lipinski definition) is 0. The van der Waals surface area contributed by atoms with Crippen molar-refractivity contribution in [1.29, 1.82) is 0 Å². The minimum Gasteiger partial charge on any atom is -0.484 e. The third-order valence-corrected chi connectivity index (χ3v) is 4.78. The van der Waals surface area contributed by atoms with E-state index in [2.05, 4.69) is 10.2 Å². The van der Waals surface area contributed by atoms with E-state index in [9.17, 15) is 0 Å². The van der Waals surface area contributed by atoms with Gasteiger partial charge in [-0.3, -0.25) is 4.57 Å². The normalized spacial score (nSPS) is 10.8. The number of nitrogens with zero attached hydrogens (tertiary/aromatic N) is 3.